The molecule has 0 aliphatic carbocycles. The van der Waals surface area contributed by atoms with Crippen LogP contribution in [0.2, 0.25) is 0 Å². The summed E-state index contributed by atoms with van der Waals surface area (Å²) in [5, 5.41) is 13.1. The van der Waals surface area contributed by atoms with Gasteiger partial charge in [-0.1, -0.05) is 11.8 Å². The summed E-state index contributed by atoms with van der Waals surface area (Å²) in [6.07, 6.45) is 0.0251. The number of carbonyl (C=O) groups is 2. The van der Waals surface area contributed by atoms with E-state index in [1.807, 2.05) is 19.1 Å². The lowest BCUT2D eigenvalue weighted by Gasteiger charge is -2.21. The number of halogens is 2. The van der Waals surface area contributed by atoms with Crippen LogP contribution in [0.25, 0.3) is 0 Å². The summed E-state index contributed by atoms with van der Waals surface area (Å²) in [5.74, 6) is -1.05. The van der Waals surface area contributed by atoms with Crippen molar-refractivity contribution in [3.05, 3.63) is 50.9 Å². The molecule has 2 aromatic rings. The van der Waals surface area contributed by atoms with Gasteiger partial charge in [0.05, 0.1) is 14.4 Å². The van der Waals surface area contributed by atoms with E-state index in [2.05, 4.69) is 36.8 Å². The first-order valence-corrected chi connectivity index (χ1v) is 10.3. The number of hydrogen-bond acceptors (Lipinski definition) is 6. The Labute approximate surface area is 171 Å². The molecule has 0 radical (unpaired) electrons. The molecular formula is C17H14BrFN4O2S2. The van der Waals surface area contributed by atoms with Crippen molar-refractivity contribution in [2.75, 3.05) is 5.32 Å². The number of nitrogens with zero attached hydrogens (tertiary/aromatic N) is 2. The number of benzene rings is 1. The highest BCUT2D eigenvalue weighted by atomic mass is 79.9. The maximum atomic E-state index is 13.0. The molecule has 2 amide bonds. The number of carbonyl (C=O) groups excluding carboxylic acids is 2. The van der Waals surface area contributed by atoms with Crippen LogP contribution in [0.5, 0.6) is 0 Å². The van der Waals surface area contributed by atoms with Crippen molar-refractivity contribution in [1.29, 1.82) is 0 Å². The summed E-state index contributed by atoms with van der Waals surface area (Å²) in [5.41, 5.74) is 1.16. The summed E-state index contributed by atoms with van der Waals surface area (Å²) in [4.78, 5) is 25.3. The number of anilines is 1. The van der Waals surface area contributed by atoms with Crippen LogP contribution in [-0.4, -0.2) is 27.9 Å². The predicted octanol–water partition coefficient (Wildman–Crippen LogP) is 3.99. The SMILES string of the molecule is C/C(=N\N=C1/NC(=O)CC(C(=O)Nc2ccc(F)cc2)S1)c1ccc(Br)s1. The molecule has 6 nitrogen and oxygen atoms in total. The van der Waals surface area contributed by atoms with Gasteiger partial charge in [0.1, 0.15) is 11.1 Å². The van der Waals surface area contributed by atoms with Gasteiger partial charge in [0.25, 0.3) is 0 Å². The van der Waals surface area contributed by atoms with Gasteiger partial charge >= 0.3 is 0 Å². The molecule has 2 N–H and O–H groups in total. The Balaban J connectivity index is 1.68. The Bertz CT molecular complexity index is 927. The van der Waals surface area contributed by atoms with Crippen molar-refractivity contribution in [3.63, 3.8) is 0 Å². The van der Waals surface area contributed by atoms with E-state index < -0.39 is 5.25 Å². The van der Waals surface area contributed by atoms with Crippen LogP contribution in [0.15, 0.2) is 50.4 Å². The Morgan fingerprint density at radius 3 is 2.70 bits per heavy atom. The molecule has 1 unspecified atom stereocenters. The second-order valence-electron chi connectivity index (χ2n) is 5.55. The van der Waals surface area contributed by atoms with E-state index in [0.717, 1.165) is 20.4 Å². The molecule has 10 heteroatoms. The van der Waals surface area contributed by atoms with Crippen molar-refractivity contribution in [2.24, 2.45) is 10.2 Å². The van der Waals surface area contributed by atoms with Crippen LogP contribution in [-0.2, 0) is 9.59 Å². The normalized spacial score (nSPS) is 19.1. The highest BCUT2D eigenvalue weighted by molar-refractivity contribution is 9.11. The molecule has 0 saturated carbocycles. The van der Waals surface area contributed by atoms with E-state index in [1.165, 1.54) is 35.6 Å². The third kappa shape index (κ3) is 5.47. The molecule has 1 aliphatic heterocycles. The summed E-state index contributed by atoms with van der Waals surface area (Å²) in [6, 6.07) is 9.26. The fourth-order valence-corrected chi connectivity index (χ4v) is 4.43. The smallest absolute Gasteiger partial charge is 0.238 e. The van der Waals surface area contributed by atoms with Crippen molar-refractivity contribution in [2.45, 2.75) is 18.6 Å². The van der Waals surface area contributed by atoms with Crippen molar-refractivity contribution in [1.82, 2.24) is 5.32 Å². The van der Waals surface area contributed by atoms with E-state index >= 15 is 0 Å². The van der Waals surface area contributed by atoms with Gasteiger partial charge in [0.15, 0.2) is 5.17 Å². The minimum Gasteiger partial charge on any atom is -0.325 e. The highest BCUT2D eigenvalue weighted by Gasteiger charge is 2.30. The van der Waals surface area contributed by atoms with Crippen LogP contribution < -0.4 is 10.6 Å². The molecule has 1 fully saturated rings. The van der Waals surface area contributed by atoms with E-state index in [9.17, 15) is 14.0 Å². The Morgan fingerprint density at radius 1 is 1.30 bits per heavy atom. The number of hydrogen-bond donors (Lipinski definition) is 2. The summed E-state index contributed by atoms with van der Waals surface area (Å²) in [6.45, 7) is 1.82. The molecular weight excluding hydrogens is 455 g/mol. The van der Waals surface area contributed by atoms with Crippen molar-refractivity contribution >= 4 is 67.4 Å². The molecule has 1 aromatic heterocycles. The zero-order valence-electron chi connectivity index (χ0n) is 14.0. The fraction of sp³-hybridized carbons (Fsp3) is 0.176. The number of rotatable bonds is 4. The molecule has 1 saturated heterocycles. The molecule has 2 heterocycles. The Kier molecular flexibility index (Phi) is 6.40. The number of nitrogens with one attached hydrogen (secondary N) is 2. The van der Waals surface area contributed by atoms with Crippen molar-refractivity contribution in [3.8, 4) is 0 Å². The van der Waals surface area contributed by atoms with Gasteiger partial charge in [-0.2, -0.15) is 5.10 Å². The van der Waals surface area contributed by atoms with Gasteiger partial charge < -0.3 is 10.6 Å². The van der Waals surface area contributed by atoms with Gasteiger partial charge in [-0.3, -0.25) is 9.59 Å². The average molecular weight is 469 g/mol. The fourth-order valence-electron chi connectivity index (χ4n) is 2.17. The minimum atomic E-state index is -0.644. The van der Waals surface area contributed by atoms with Gasteiger partial charge in [0, 0.05) is 12.1 Å². The first kappa shape index (κ1) is 19.7. The van der Waals surface area contributed by atoms with Crippen molar-refractivity contribution < 1.29 is 14.0 Å². The minimum absolute atomic E-state index is 0.0251. The standard InChI is InChI=1S/C17H14BrFN4O2S2/c1-9(12-6-7-14(18)26-12)22-23-17-21-15(24)8-13(27-17)16(25)20-11-4-2-10(19)3-5-11/h2-7,13H,8H2,1H3,(H,20,25)(H,21,23,24)/b22-9+. The molecule has 0 spiro atoms. The van der Waals surface area contributed by atoms with Gasteiger partial charge in [-0.25, -0.2) is 4.39 Å². The monoisotopic (exact) mass is 468 g/mol. The van der Waals surface area contributed by atoms with Gasteiger partial charge in [-0.15, -0.1) is 16.4 Å². The molecule has 140 valence electrons. The van der Waals surface area contributed by atoms with Gasteiger partial charge in [0.2, 0.25) is 11.8 Å². The lowest BCUT2D eigenvalue weighted by atomic mass is 10.2. The van der Waals surface area contributed by atoms with E-state index in [0.29, 0.717) is 11.4 Å². The molecule has 1 atom stereocenters. The van der Waals surface area contributed by atoms with E-state index in [-0.39, 0.29) is 29.2 Å². The third-order valence-electron chi connectivity index (χ3n) is 3.50. The predicted molar refractivity (Wildman–Crippen MR) is 111 cm³/mol. The van der Waals surface area contributed by atoms with Crippen LogP contribution in [0.1, 0.15) is 18.2 Å². The van der Waals surface area contributed by atoms with Crippen LogP contribution in [0.4, 0.5) is 10.1 Å². The zero-order valence-corrected chi connectivity index (χ0v) is 17.3. The first-order chi connectivity index (χ1) is 12.9. The molecule has 1 aromatic carbocycles. The van der Waals surface area contributed by atoms with Crippen LogP contribution in [0, 0.1) is 5.82 Å². The van der Waals surface area contributed by atoms with Crippen LogP contribution in [0.3, 0.4) is 0 Å². The summed E-state index contributed by atoms with van der Waals surface area (Å²) < 4.78 is 13.9. The maximum Gasteiger partial charge on any atom is 0.238 e. The van der Waals surface area contributed by atoms with Crippen LogP contribution >= 0.6 is 39.0 Å². The highest BCUT2D eigenvalue weighted by Crippen LogP contribution is 2.24. The number of thiophene rings is 1. The quantitative estimate of drug-likeness (QED) is 0.525. The lowest BCUT2D eigenvalue weighted by molar-refractivity contribution is -0.123. The summed E-state index contributed by atoms with van der Waals surface area (Å²) >= 11 is 6.04. The molecule has 1 aliphatic rings. The second kappa shape index (κ2) is 8.77. The Hall–Kier alpha value is -2.04. The lowest BCUT2D eigenvalue weighted by Crippen LogP contribution is -2.41. The zero-order chi connectivity index (χ0) is 19.4. The van der Waals surface area contributed by atoms with E-state index in [1.54, 1.807) is 0 Å². The number of amidine groups is 1. The number of amides is 2. The first-order valence-electron chi connectivity index (χ1n) is 7.81. The molecule has 3 rings (SSSR count). The van der Waals surface area contributed by atoms with Gasteiger partial charge in [-0.05, 0) is 59.3 Å². The van der Waals surface area contributed by atoms with E-state index in [4.69, 9.17) is 0 Å². The second-order valence-corrected chi connectivity index (χ2v) is 9.20. The topological polar surface area (TPSA) is 82.9 Å². The molecule has 0 bridgehead atoms. The molecule has 27 heavy (non-hydrogen) atoms. The summed E-state index contributed by atoms with van der Waals surface area (Å²) in [7, 11) is 0. The maximum absolute atomic E-state index is 13.0. The largest absolute Gasteiger partial charge is 0.325 e. The Morgan fingerprint density at radius 2 is 2.04 bits per heavy atom. The third-order valence-corrected chi connectivity index (χ3v) is 6.30. The number of thioether (sulfide) groups is 1. The average Bonchev–Trinajstić information content (AvgIpc) is 3.07.